The fraction of sp³-hybridized carbons (Fsp3) is 0.320. The Morgan fingerprint density at radius 3 is 2.22 bits per heavy atom. The summed E-state index contributed by atoms with van der Waals surface area (Å²) in [7, 11) is 0. The Morgan fingerprint density at radius 1 is 0.946 bits per heavy atom. The van der Waals surface area contributed by atoms with Crippen LogP contribution in [-0.2, 0) is 18.9 Å². The number of benzene rings is 2. The third-order valence-corrected chi connectivity index (χ3v) is 7.09. The fourth-order valence-electron chi connectivity index (χ4n) is 4.08. The molecule has 1 saturated heterocycles. The van der Waals surface area contributed by atoms with E-state index < -0.39 is 35.3 Å². The van der Waals surface area contributed by atoms with Gasteiger partial charge in [0.1, 0.15) is 5.69 Å². The van der Waals surface area contributed by atoms with Crippen LogP contribution in [0.5, 0.6) is 0 Å². The number of carbonyl (C=O) groups is 2. The predicted octanol–water partition coefficient (Wildman–Crippen LogP) is 6.13. The van der Waals surface area contributed by atoms with Crippen molar-refractivity contribution < 1.29 is 35.9 Å². The molecule has 1 aliphatic heterocycles. The molecule has 37 heavy (non-hydrogen) atoms. The standard InChI is InChI=1S/C25H21F6N3O2S/c26-24(27,28)17-7-5-15(6-8-17)13-32-21(35)20-14-37-22(33-20)16-9-11-34(12-10-16)23(36)18-3-1-2-4-19(18)25(29,30)31/h1-8,14,16H,9-13H2,(H,32,35). The minimum absolute atomic E-state index is 0.0315. The van der Waals surface area contributed by atoms with Crippen LogP contribution in [0, 0.1) is 0 Å². The average Bonchev–Trinajstić information content (AvgIpc) is 3.37. The molecule has 2 amide bonds. The van der Waals surface area contributed by atoms with Crippen molar-refractivity contribution in [2.45, 2.75) is 37.7 Å². The van der Waals surface area contributed by atoms with Crippen molar-refractivity contribution in [1.29, 1.82) is 0 Å². The molecule has 4 rings (SSSR count). The van der Waals surface area contributed by atoms with Crippen LogP contribution in [0.4, 0.5) is 26.3 Å². The molecule has 0 aliphatic carbocycles. The lowest BCUT2D eigenvalue weighted by Gasteiger charge is -2.31. The summed E-state index contributed by atoms with van der Waals surface area (Å²) in [6, 6.07) is 9.17. The fourth-order valence-corrected chi connectivity index (χ4v) is 5.05. The van der Waals surface area contributed by atoms with E-state index in [0.717, 1.165) is 18.2 Å². The summed E-state index contributed by atoms with van der Waals surface area (Å²) >= 11 is 1.27. The van der Waals surface area contributed by atoms with Crippen molar-refractivity contribution in [3.63, 3.8) is 0 Å². The highest BCUT2D eigenvalue weighted by molar-refractivity contribution is 7.09. The molecule has 0 atom stereocenters. The van der Waals surface area contributed by atoms with Gasteiger partial charge in [0, 0.05) is 30.9 Å². The predicted molar refractivity (Wildman–Crippen MR) is 124 cm³/mol. The van der Waals surface area contributed by atoms with Crippen LogP contribution in [0.1, 0.15) is 61.3 Å². The summed E-state index contributed by atoms with van der Waals surface area (Å²) < 4.78 is 77.9. The molecule has 2 aromatic carbocycles. The average molecular weight is 542 g/mol. The molecule has 5 nitrogen and oxygen atoms in total. The Kier molecular flexibility index (Phi) is 7.58. The van der Waals surface area contributed by atoms with E-state index in [9.17, 15) is 35.9 Å². The molecule has 12 heteroatoms. The lowest BCUT2D eigenvalue weighted by atomic mass is 9.96. The van der Waals surface area contributed by atoms with Crippen molar-refractivity contribution >= 4 is 23.2 Å². The zero-order valence-electron chi connectivity index (χ0n) is 19.2. The van der Waals surface area contributed by atoms with Crippen LogP contribution < -0.4 is 5.32 Å². The first kappa shape index (κ1) is 26.6. The van der Waals surface area contributed by atoms with Crippen molar-refractivity contribution in [3.8, 4) is 0 Å². The van der Waals surface area contributed by atoms with Crippen LogP contribution in [0.25, 0.3) is 0 Å². The van der Waals surface area contributed by atoms with Crippen molar-refractivity contribution in [2.75, 3.05) is 13.1 Å². The highest BCUT2D eigenvalue weighted by Gasteiger charge is 2.37. The molecule has 0 bridgehead atoms. The summed E-state index contributed by atoms with van der Waals surface area (Å²) in [4.78, 5) is 31.0. The smallest absolute Gasteiger partial charge is 0.347 e. The van der Waals surface area contributed by atoms with Gasteiger partial charge in [-0.2, -0.15) is 26.3 Å². The van der Waals surface area contributed by atoms with Gasteiger partial charge in [-0.25, -0.2) is 4.98 Å². The van der Waals surface area contributed by atoms with E-state index >= 15 is 0 Å². The van der Waals surface area contributed by atoms with Crippen LogP contribution in [0.2, 0.25) is 0 Å². The molecule has 2 heterocycles. The minimum Gasteiger partial charge on any atom is -0.347 e. The zero-order chi connectivity index (χ0) is 26.8. The maximum absolute atomic E-state index is 13.3. The highest BCUT2D eigenvalue weighted by Crippen LogP contribution is 2.35. The van der Waals surface area contributed by atoms with Gasteiger partial charge in [-0.1, -0.05) is 24.3 Å². The van der Waals surface area contributed by atoms with E-state index in [1.807, 2.05) is 0 Å². The number of halogens is 6. The summed E-state index contributed by atoms with van der Waals surface area (Å²) in [5, 5.41) is 4.89. The van der Waals surface area contributed by atoms with Gasteiger partial charge in [0.15, 0.2) is 0 Å². The van der Waals surface area contributed by atoms with Crippen molar-refractivity contribution in [3.05, 3.63) is 86.9 Å². The number of amides is 2. The van der Waals surface area contributed by atoms with Gasteiger partial charge in [-0.15, -0.1) is 11.3 Å². The van der Waals surface area contributed by atoms with E-state index in [1.165, 1.54) is 46.6 Å². The second-order valence-corrected chi connectivity index (χ2v) is 9.45. The molecule has 1 aliphatic rings. The SMILES string of the molecule is O=C(NCc1ccc(C(F)(F)F)cc1)c1csc(C2CCN(C(=O)c3ccccc3C(F)(F)F)CC2)n1. The zero-order valence-corrected chi connectivity index (χ0v) is 20.0. The maximum atomic E-state index is 13.3. The molecule has 1 fully saturated rings. The van der Waals surface area contributed by atoms with Gasteiger partial charge in [0.2, 0.25) is 0 Å². The highest BCUT2D eigenvalue weighted by atomic mass is 32.1. The number of rotatable bonds is 5. The van der Waals surface area contributed by atoms with Gasteiger partial charge in [-0.05, 0) is 42.7 Å². The number of carbonyl (C=O) groups excluding carboxylic acids is 2. The summed E-state index contributed by atoms with van der Waals surface area (Å²) in [5.74, 6) is -1.20. The monoisotopic (exact) mass is 541 g/mol. The summed E-state index contributed by atoms with van der Waals surface area (Å²) in [6.07, 6.45) is -8.09. The number of nitrogens with zero attached hydrogens (tertiary/aromatic N) is 2. The summed E-state index contributed by atoms with van der Waals surface area (Å²) in [5.41, 5.74) is -1.45. The number of likely N-dealkylation sites (tertiary alicyclic amines) is 1. The maximum Gasteiger partial charge on any atom is 0.417 e. The molecule has 1 aromatic heterocycles. The molecular weight excluding hydrogens is 520 g/mol. The molecule has 0 spiro atoms. The van der Waals surface area contributed by atoms with Crippen molar-refractivity contribution in [1.82, 2.24) is 15.2 Å². The molecule has 1 N–H and O–H groups in total. The Hall–Kier alpha value is -3.41. The second-order valence-electron chi connectivity index (χ2n) is 8.56. The number of nitrogens with one attached hydrogen (secondary N) is 1. The molecule has 0 saturated carbocycles. The lowest BCUT2D eigenvalue weighted by molar-refractivity contribution is -0.138. The molecule has 3 aromatic rings. The number of hydrogen-bond acceptors (Lipinski definition) is 4. The van der Waals surface area contributed by atoms with Crippen LogP contribution >= 0.6 is 11.3 Å². The molecule has 0 radical (unpaired) electrons. The van der Waals surface area contributed by atoms with E-state index in [1.54, 1.807) is 5.38 Å². The van der Waals surface area contributed by atoms with Gasteiger partial charge in [0.05, 0.1) is 21.7 Å². The number of piperidine rings is 1. The number of thiazole rings is 1. The van der Waals surface area contributed by atoms with Crippen LogP contribution in [0.3, 0.4) is 0 Å². The number of hydrogen-bond donors (Lipinski definition) is 1. The largest absolute Gasteiger partial charge is 0.417 e. The summed E-state index contributed by atoms with van der Waals surface area (Å²) in [6.45, 7) is 0.541. The van der Waals surface area contributed by atoms with Gasteiger partial charge in [0.25, 0.3) is 11.8 Å². The lowest BCUT2D eigenvalue weighted by Crippen LogP contribution is -2.38. The quantitative estimate of drug-likeness (QED) is 0.396. The third-order valence-electron chi connectivity index (χ3n) is 6.08. The number of aromatic nitrogens is 1. The molecular formula is C25H21F6N3O2S. The first-order valence-electron chi connectivity index (χ1n) is 11.3. The van der Waals surface area contributed by atoms with E-state index in [-0.39, 0.29) is 36.8 Å². The molecule has 196 valence electrons. The van der Waals surface area contributed by atoms with Crippen molar-refractivity contribution in [2.24, 2.45) is 0 Å². The first-order chi connectivity index (χ1) is 17.4. The normalized spacial score (nSPS) is 15.0. The van der Waals surface area contributed by atoms with Crippen LogP contribution in [0.15, 0.2) is 53.9 Å². The molecule has 0 unspecified atom stereocenters. The van der Waals surface area contributed by atoms with Crippen LogP contribution in [-0.4, -0.2) is 34.8 Å². The van der Waals surface area contributed by atoms with E-state index in [4.69, 9.17) is 0 Å². The minimum atomic E-state index is -4.63. The van der Waals surface area contributed by atoms with E-state index in [0.29, 0.717) is 23.4 Å². The Bertz CT molecular complexity index is 1260. The Balaban J connectivity index is 1.32. The topological polar surface area (TPSA) is 62.3 Å². The third kappa shape index (κ3) is 6.30. The van der Waals surface area contributed by atoms with E-state index in [2.05, 4.69) is 10.3 Å². The van der Waals surface area contributed by atoms with Gasteiger partial charge in [-0.3, -0.25) is 9.59 Å². The Morgan fingerprint density at radius 2 is 1.59 bits per heavy atom. The number of alkyl halides is 6. The Labute approximate surface area is 212 Å². The first-order valence-corrected chi connectivity index (χ1v) is 12.2. The van der Waals surface area contributed by atoms with Gasteiger partial charge < -0.3 is 10.2 Å². The van der Waals surface area contributed by atoms with Gasteiger partial charge >= 0.3 is 12.4 Å². The second kappa shape index (κ2) is 10.5.